The van der Waals surface area contributed by atoms with Gasteiger partial charge in [0.2, 0.25) is 0 Å². The van der Waals surface area contributed by atoms with Crippen molar-refractivity contribution in [3.05, 3.63) is 133 Å². The minimum atomic E-state index is 0. The van der Waals surface area contributed by atoms with Gasteiger partial charge in [-0.2, -0.15) is 0 Å². The molecule has 7 rings (SSSR count). The Morgan fingerprint density at radius 1 is 0.308 bits per heavy atom. The summed E-state index contributed by atoms with van der Waals surface area (Å²) >= 11 is 0. The van der Waals surface area contributed by atoms with Gasteiger partial charge in [0.05, 0.1) is 22.1 Å². The van der Waals surface area contributed by atoms with Gasteiger partial charge in [-0.1, -0.05) is 109 Å². The zero-order chi connectivity index (χ0) is 25.3. The molecule has 0 aliphatic carbocycles. The number of fused-ring (bicyclic) bond motifs is 12. The average Bonchev–Trinajstić information content (AvgIpc) is 2.98. The van der Waals surface area contributed by atoms with Crippen LogP contribution in [0.5, 0.6) is 0 Å². The number of benzene rings is 4. The number of para-hydroxylation sites is 4. The first-order valence-electron chi connectivity index (χ1n) is 12.6. The van der Waals surface area contributed by atoms with Gasteiger partial charge >= 0.3 is 21.1 Å². The molecule has 0 aliphatic heterocycles. The Morgan fingerprint density at radius 3 is 0.846 bits per heavy atom. The molecule has 0 unspecified atom stereocenters. The molecule has 39 heavy (non-hydrogen) atoms. The second-order valence-corrected chi connectivity index (χ2v) is 9.11. The maximum absolute atomic E-state index is 5.13. The van der Waals surface area contributed by atoms with E-state index >= 15 is 0 Å². The van der Waals surface area contributed by atoms with Gasteiger partial charge < -0.3 is 9.97 Å². The van der Waals surface area contributed by atoms with Gasteiger partial charge in [0.25, 0.3) is 0 Å². The van der Waals surface area contributed by atoms with Crippen LogP contribution in [0.25, 0.3) is 65.7 Å². The van der Waals surface area contributed by atoms with Crippen LogP contribution in [0.2, 0.25) is 0 Å². The third-order valence-electron chi connectivity index (χ3n) is 6.70. The maximum atomic E-state index is 5.13. The second kappa shape index (κ2) is 10.7. The molecule has 0 spiro atoms. The van der Waals surface area contributed by atoms with E-state index in [1.54, 1.807) is 0 Å². The minimum Gasteiger partial charge on any atom is -0.657 e. The molecule has 5 heteroatoms. The van der Waals surface area contributed by atoms with Crippen molar-refractivity contribution >= 4 is 65.7 Å². The van der Waals surface area contributed by atoms with Crippen molar-refractivity contribution in [2.75, 3.05) is 0 Å². The Labute approximate surface area is 239 Å². The van der Waals surface area contributed by atoms with E-state index < -0.39 is 0 Å². The Balaban J connectivity index is 0.00000277. The summed E-state index contributed by atoms with van der Waals surface area (Å²) in [6.07, 6.45) is 0. The van der Waals surface area contributed by atoms with Crippen LogP contribution in [0.1, 0.15) is 0 Å². The van der Waals surface area contributed by atoms with Gasteiger partial charge in [-0.05, 0) is 45.8 Å². The van der Waals surface area contributed by atoms with Crippen LogP contribution >= 0.6 is 0 Å². The molecule has 188 valence electrons. The molecule has 0 fully saturated rings. The van der Waals surface area contributed by atoms with E-state index in [2.05, 4.69) is 24.3 Å². The second-order valence-electron chi connectivity index (χ2n) is 9.11. The van der Waals surface area contributed by atoms with Crippen molar-refractivity contribution in [1.82, 2.24) is 19.9 Å². The van der Waals surface area contributed by atoms with Crippen LogP contribution in [0.15, 0.2) is 133 Å². The standard InChI is InChI=1S/C34H22N4.Pt/c1-5-15-27-23(11-1)31-19-9-20-32(37-31)25-13-3-7-17-29(25)36-30-18-8-4-14-26(30)34-22-10-21-33(38-34)24-12-2-6-16-28(24)35-27;/h1-22H;/q-2;+2. The summed E-state index contributed by atoms with van der Waals surface area (Å²) in [5, 5.41) is 3.88. The summed E-state index contributed by atoms with van der Waals surface area (Å²) in [5.41, 5.74) is 6.88. The maximum Gasteiger partial charge on any atom is 2.00 e. The van der Waals surface area contributed by atoms with Gasteiger partial charge in [-0.25, -0.2) is 9.97 Å². The first-order chi connectivity index (χ1) is 18.8. The molecular formula is C34H22N4Pt. The van der Waals surface area contributed by atoms with Crippen LogP contribution in [-0.4, -0.2) is 9.97 Å². The zero-order valence-electron chi connectivity index (χ0n) is 20.8. The Kier molecular flexibility index (Phi) is 6.79. The molecule has 4 nitrogen and oxygen atoms in total. The zero-order valence-corrected chi connectivity index (χ0v) is 23.1. The smallest absolute Gasteiger partial charge is 0.657 e. The topological polar surface area (TPSA) is 54.0 Å². The van der Waals surface area contributed by atoms with Crippen LogP contribution in [0, 0.1) is 0 Å². The number of rotatable bonds is 0. The quantitative estimate of drug-likeness (QED) is 0.162. The third-order valence-corrected chi connectivity index (χ3v) is 6.70. The SMILES string of the molecule is [Pt+2].c1cc2nc(c1)c1ccccc1[n-]c1ccccc1c1cccc(n1)c1ccccc1[n-]c1ccccc21. The summed E-state index contributed by atoms with van der Waals surface area (Å²) < 4.78 is 0. The number of hydrogen-bond donors (Lipinski definition) is 0. The first kappa shape index (κ1) is 24.8. The van der Waals surface area contributed by atoms with Gasteiger partial charge in [-0.15, -0.1) is 22.1 Å². The van der Waals surface area contributed by atoms with Crippen molar-refractivity contribution in [2.24, 2.45) is 0 Å². The summed E-state index contributed by atoms with van der Waals surface area (Å²) in [7, 11) is 0. The summed E-state index contributed by atoms with van der Waals surface area (Å²) in [6, 6.07) is 44.8. The molecule has 0 aliphatic rings. The van der Waals surface area contributed by atoms with E-state index in [0.717, 1.165) is 65.7 Å². The number of nitrogens with zero attached hydrogens (tertiary/aromatic N) is 4. The molecule has 0 N–H and O–H groups in total. The molecular weight excluding hydrogens is 659 g/mol. The van der Waals surface area contributed by atoms with Crippen LogP contribution in [-0.2, 0) is 21.1 Å². The summed E-state index contributed by atoms with van der Waals surface area (Å²) in [4.78, 5) is 20.4. The Hall–Kier alpha value is -4.53. The molecule has 3 aromatic heterocycles. The monoisotopic (exact) mass is 681 g/mol. The predicted octanol–water partition coefficient (Wildman–Crippen LogP) is 8.12. The molecule has 0 radical (unpaired) electrons. The fourth-order valence-corrected chi connectivity index (χ4v) is 4.88. The third kappa shape index (κ3) is 4.76. The van der Waals surface area contributed by atoms with Crippen molar-refractivity contribution < 1.29 is 21.1 Å². The van der Waals surface area contributed by atoms with Crippen molar-refractivity contribution in [1.29, 1.82) is 0 Å². The van der Waals surface area contributed by atoms with Gasteiger partial charge in [0.1, 0.15) is 0 Å². The van der Waals surface area contributed by atoms with Gasteiger partial charge in [0.15, 0.2) is 0 Å². The average molecular weight is 682 g/mol. The Bertz CT molecular complexity index is 1860. The van der Waals surface area contributed by atoms with Crippen LogP contribution in [0.4, 0.5) is 0 Å². The fraction of sp³-hybridized carbons (Fsp3) is 0. The van der Waals surface area contributed by atoms with E-state index in [4.69, 9.17) is 19.9 Å². The molecule has 0 atom stereocenters. The van der Waals surface area contributed by atoms with Crippen molar-refractivity contribution in [3.8, 4) is 0 Å². The fourth-order valence-electron chi connectivity index (χ4n) is 4.88. The van der Waals surface area contributed by atoms with Crippen LogP contribution < -0.4 is 9.97 Å². The van der Waals surface area contributed by atoms with E-state index in [0.29, 0.717) is 0 Å². The number of aromatic nitrogens is 4. The van der Waals surface area contributed by atoms with Crippen molar-refractivity contribution in [2.45, 2.75) is 0 Å². The summed E-state index contributed by atoms with van der Waals surface area (Å²) in [5.74, 6) is 0. The normalized spacial score (nSPS) is 10.9. The number of hydrogen-bond acceptors (Lipinski definition) is 2. The van der Waals surface area contributed by atoms with Gasteiger partial charge in [0, 0.05) is 0 Å². The molecule has 0 amide bonds. The van der Waals surface area contributed by atoms with Crippen molar-refractivity contribution in [3.63, 3.8) is 0 Å². The molecule has 4 bridgehead atoms. The minimum absolute atomic E-state index is 0. The first-order valence-corrected chi connectivity index (χ1v) is 12.6. The van der Waals surface area contributed by atoms with Gasteiger partial charge in [-0.3, -0.25) is 0 Å². The van der Waals surface area contributed by atoms with E-state index in [9.17, 15) is 0 Å². The predicted molar refractivity (Wildman–Crippen MR) is 158 cm³/mol. The molecule has 0 saturated heterocycles. The van der Waals surface area contributed by atoms with Crippen LogP contribution in [0.3, 0.4) is 0 Å². The molecule has 0 saturated carbocycles. The summed E-state index contributed by atoms with van der Waals surface area (Å²) in [6.45, 7) is 0. The Morgan fingerprint density at radius 2 is 0.564 bits per heavy atom. The molecule has 4 aromatic carbocycles. The molecule has 7 aromatic rings. The van der Waals surface area contributed by atoms with E-state index in [1.165, 1.54) is 0 Å². The number of pyridine rings is 2. The van der Waals surface area contributed by atoms with E-state index in [1.807, 2.05) is 109 Å². The molecule has 3 heterocycles. The van der Waals surface area contributed by atoms with E-state index in [-0.39, 0.29) is 21.1 Å². The largest absolute Gasteiger partial charge is 2.00 e.